The zero-order valence-corrected chi connectivity index (χ0v) is 23.2. The van der Waals surface area contributed by atoms with Gasteiger partial charge < -0.3 is 9.47 Å². The van der Waals surface area contributed by atoms with Gasteiger partial charge in [0.2, 0.25) is 0 Å². The Kier molecular flexibility index (Phi) is 6.07. The standard InChI is InChI=1S/C33H28O2S2/c1-32-30(20-26(36-32)18-12-22-8-14-24(34-3)15-9-22)28-6-5-7-29(28)31-21-27(37-33(31,32)2)19-13-23-10-16-25(35-4)17-11-23/h8-11,14-17,20-21H,5-7H2,1-4H3/t32-,33-/m1/s1. The summed E-state index contributed by atoms with van der Waals surface area (Å²) in [6.45, 7) is 4.82. The molecular formula is C33H28O2S2. The summed E-state index contributed by atoms with van der Waals surface area (Å²) in [6.07, 6.45) is 8.26. The first-order valence-electron chi connectivity index (χ1n) is 12.5. The molecule has 6 rings (SSSR count). The van der Waals surface area contributed by atoms with Crippen molar-refractivity contribution in [2.45, 2.75) is 42.6 Å². The summed E-state index contributed by atoms with van der Waals surface area (Å²) in [5.74, 6) is 15.4. The first-order valence-corrected chi connectivity index (χ1v) is 14.2. The van der Waals surface area contributed by atoms with Gasteiger partial charge in [0.25, 0.3) is 0 Å². The molecule has 0 bridgehead atoms. The van der Waals surface area contributed by atoms with E-state index in [0.717, 1.165) is 45.3 Å². The first-order chi connectivity index (χ1) is 17.9. The average Bonchev–Trinajstić information content (AvgIpc) is 3.63. The Morgan fingerprint density at radius 2 is 1.03 bits per heavy atom. The number of hydrogen-bond acceptors (Lipinski definition) is 4. The van der Waals surface area contributed by atoms with E-state index in [1.54, 1.807) is 25.4 Å². The number of benzene rings is 2. The van der Waals surface area contributed by atoms with E-state index in [2.05, 4.69) is 49.7 Å². The highest BCUT2D eigenvalue weighted by molar-refractivity contribution is 8.09. The summed E-state index contributed by atoms with van der Waals surface area (Å²) in [6, 6.07) is 15.9. The van der Waals surface area contributed by atoms with Gasteiger partial charge in [-0.1, -0.05) is 23.7 Å². The van der Waals surface area contributed by atoms with Crippen LogP contribution in [0.25, 0.3) is 0 Å². The van der Waals surface area contributed by atoms with Crippen LogP contribution in [-0.2, 0) is 0 Å². The van der Waals surface area contributed by atoms with E-state index in [4.69, 9.17) is 9.47 Å². The first kappa shape index (κ1) is 24.2. The number of hydrogen-bond donors (Lipinski definition) is 0. The maximum absolute atomic E-state index is 5.28. The van der Waals surface area contributed by atoms with Crippen LogP contribution >= 0.6 is 23.5 Å². The van der Waals surface area contributed by atoms with Gasteiger partial charge in [-0.25, -0.2) is 0 Å². The predicted octanol–water partition coefficient (Wildman–Crippen LogP) is 7.68. The Morgan fingerprint density at radius 3 is 1.41 bits per heavy atom. The molecule has 2 aliphatic heterocycles. The van der Waals surface area contributed by atoms with Crippen molar-refractivity contribution in [1.82, 2.24) is 0 Å². The van der Waals surface area contributed by atoms with Crippen LogP contribution in [0.2, 0.25) is 0 Å². The molecule has 2 aliphatic carbocycles. The SMILES string of the molecule is COc1ccc(C#CC2=CC3=C4CCCC4=C4C=C(C#Cc5ccc(OC)cc5)S[C@@]4(C)[C@]3(C)S2)cc1. The van der Waals surface area contributed by atoms with Crippen LogP contribution in [-0.4, -0.2) is 23.7 Å². The van der Waals surface area contributed by atoms with Crippen molar-refractivity contribution in [3.05, 3.63) is 104 Å². The summed E-state index contributed by atoms with van der Waals surface area (Å²) in [5, 5.41) is 0. The molecule has 0 amide bonds. The van der Waals surface area contributed by atoms with Crippen molar-refractivity contribution in [3.63, 3.8) is 0 Å². The van der Waals surface area contributed by atoms with Crippen LogP contribution in [0, 0.1) is 23.7 Å². The summed E-state index contributed by atoms with van der Waals surface area (Å²) < 4.78 is 10.4. The molecule has 184 valence electrons. The molecule has 0 radical (unpaired) electrons. The van der Waals surface area contributed by atoms with Gasteiger partial charge in [-0.15, -0.1) is 23.5 Å². The largest absolute Gasteiger partial charge is 0.497 e. The van der Waals surface area contributed by atoms with Gasteiger partial charge in [0.15, 0.2) is 0 Å². The lowest BCUT2D eigenvalue weighted by molar-refractivity contribution is 0.414. The minimum Gasteiger partial charge on any atom is -0.497 e. The van der Waals surface area contributed by atoms with E-state index in [9.17, 15) is 0 Å². The van der Waals surface area contributed by atoms with Crippen LogP contribution < -0.4 is 9.47 Å². The summed E-state index contributed by atoms with van der Waals surface area (Å²) in [5.41, 5.74) is 8.04. The topological polar surface area (TPSA) is 18.5 Å². The maximum Gasteiger partial charge on any atom is 0.118 e. The van der Waals surface area contributed by atoms with Crippen molar-refractivity contribution in [2.24, 2.45) is 0 Å². The highest BCUT2D eigenvalue weighted by atomic mass is 32.2. The fraction of sp³-hybridized carbons (Fsp3) is 0.273. The van der Waals surface area contributed by atoms with Gasteiger partial charge in [0.1, 0.15) is 11.5 Å². The number of rotatable bonds is 2. The molecule has 0 saturated heterocycles. The second kappa shape index (κ2) is 9.29. The normalized spacial score (nSPS) is 25.2. The molecule has 2 heterocycles. The maximum atomic E-state index is 5.28. The third-order valence-electron chi connectivity index (χ3n) is 7.83. The van der Waals surface area contributed by atoms with Gasteiger partial charge >= 0.3 is 0 Å². The molecule has 4 aliphatic rings. The lowest BCUT2D eigenvalue weighted by Crippen LogP contribution is -2.47. The van der Waals surface area contributed by atoms with Gasteiger partial charge in [0.05, 0.1) is 33.5 Å². The highest BCUT2D eigenvalue weighted by Crippen LogP contribution is 2.68. The monoisotopic (exact) mass is 520 g/mol. The third-order valence-corrected chi connectivity index (χ3v) is 10.9. The molecule has 2 aromatic rings. The van der Waals surface area contributed by atoms with Gasteiger partial charge in [-0.2, -0.15) is 0 Å². The van der Waals surface area contributed by atoms with Crippen molar-refractivity contribution in [2.75, 3.05) is 14.2 Å². The smallest absolute Gasteiger partial charge is 0.118 e. The van der Waals surface area contributed by atoms with Crippen molar-refractivity contribution in [3.8, 4) is 35.2 Å². The summed E-state index contributed by atoms with van der Waals surface area (Å²) in [4.78, 5) is 2.29. The summed E-state index contributed by atoms with van der Waals surface area (Å²) in [7, 11) is 3.37. The molecule has 0 N–H and O–H groups in total. The number of methoxy groups -OCH3 is 2. The predicted molar refractivity (Wildman–Crippen MR) is 156 cm³/mol. The number of ether oxygens (including phenoxy) is 2. The molecule has 0 aromatic heterocycles. The second-order valence-electron chi connectivity index (χ2n) is 9.88. The lowest BCUT2D eigenvalue weighted by atomic mass is 9.72. The van der Waals surface area contributed by atoms with Crippen LogP contribution in [0.3, 0.4) is 0 Å². The Bertz CT molecular complexity index is 1410. The summed E-state index contributed by atoms with van der Waals surface area (Å²) >= 11 is 3.85. The van der Waals surface area contributed by atoms with Gasteiger partial charge in [-0.3, -0.25) is 0 Å². The van der Waals surface area contributed by atoms with E-state index >= 15 is 0 Å². The minimum atomic E-state index is -0.0832. The number of allylic oxidation sites excluding steroid dienone is 6. The van der Waals surface area contributed by atoms with Gasteiger partial charge in [-0.05, 0) is 116 Å². The second-order valence-corrected chi connectivity index (χ2v) is 12.8. The van der Waals surface area contributed by atoms with Gasteiger partial charge in [0, 0.05) is 11.1 Å². The molecule has 0 unspecified atom stereocenters. The van der Waals surface area contributed by atoms with Crippen molar-refractivity contribution in [1.29, 1.82) is 0 Å². The molecule has 4 heteroatoms. The Balaban J connectivity index is 1.32. The van der Waals surface area contributed by atoms with E-state index in [0.29, 0.717) is 0 Å². The highest BCUT2D eigenvalue weighted by Gasteiger charge is 2.59. The van der Waals surface area contributed by atoms with Crippen LogP contribution in [0.5, 0.6) is 11.5 Å². The van der Waals surface area contributed by atoms with E-state index in [-0.39, 0.29) is 9.49 Å². The van der Waals surface area contributed by atoms with E-state index in [1.807, 2.05) is 72.1 Å². The average molecular weight is 521 g/mol. The Labute approximate surface area is 228 Å². The van der Waals surface area contributed by atoms with Crippen LogP contribution in [0.4, 0.5) is 0 Å². The number of fused-ring (bicyclic) bond motifs is 4. The molecule has 2 atom stereocenters. The fourth-order valence-electron chi connectivity index (χ4n) is 5.68. The fourth-order valence-corrected chi connectivity index (χ4v) is 8.56. The van der Waals surface area contributed by atoms with Crippen molar-refractivity contribution >= 4 is 23.5 Å². The number of thioether (sulfide) groups is 2. The Hall–Kier alpha value is -3.18. The van der Waals surface area contributed by atoms with Crippen LogP contribution in [0.1, 0.15) is 44.2 Å². The quantitative estimate of drug-likeness (QED) is 0.378. The third kappa shape index (κ3) is 4.04. The molecule has 37 heavy (non-hydrogen) atoms. The lowest BCUT2D eigenvalue weighted by Gasteiger charge is -2.46. The molecule has 2 nitrogen and oxygen atoms in total. The molecule has 2 aromatic carbocycles. The van der Waals surface area contributed by atoms with E-state index < -0.39 is 0 Å². The van der Waals surface area contributed by atoms with Crippen LogP contribution in [0.15, 0.2) is 92.8 Å². The zero-order valence-electron chi connectivity index (χ0n) is 21.5. The molecule has 1 saturated carbocycles. The molecular weight excluding hydrogens is 492 g/mol. The minimum absolute atomic E-state index is 0.0832. The molecule has 0 spiro atoms. The van der Waals surface area contributed by atoms with E-state index in [1.165, 1.54) is 17.6 Å². The Morgan fingerprint density at radius 1 is 0.622 bits per heavy atom. The van der Waals surface area contributed by atoms with Crippen molar-refractivity contribution < 1.29 is 9.47 Å². The molecule has 1 fully saturated rings. The zero-order chi connectivity index (χ0) is 25.6.